The predicted molar refractivity (Wildman–Crippen MR) is 90.9 cm³/mol. The van der Waals surface area contributed by atoms with Gasteiger partial charge in [-0.15, -0.1) is 0 Å². The highest BCUT2D eigenvalue weighted by Gasteiger charge is 2.18. The molecule has 0 aromatic heterocycles. The van der Waals surface area contributed by atoms with Crippen molar-refractivity contribution in [3.8, 4) is 22.6 Å². The van der Waals surface area contributed by atoms with Crippen LogP contribution in [0.1, 0.15) is 18.5 Å². The van der Waals surface area contributed by atoms with Crippen molar-refractivity contribution in [3.63, 3.8) is 0 Å². The first-order chi connectivity index (χ1) is 11.2. The van der Waals surface area contributed by atoms with Crippen LogP contribution in [0.2, 0.25) is 0 Å². The number of benzene rings is 2. The lowest BCUT2D eigenvalue weighted by molar-refractivity contribution is 0.0198. The fraction of sp³-hybridized carbons (Fsp3) is 0.368. The van der Waals surface area contributed by atoms with E-state index in [0.29, 0.717) is 11.8 Å². The van der Waals surface area contributed by atoms with Gasteiger partial charge in [-0.25, -0.2) is 0 Å². The van der Waals surface area contributed by atoms with Crippen molar-refractivity contribution in [2.45, 2.75) is 13.0 Å². The fourth-order valence-electron chi connectivity index (χ4n) is 2.99. The number of phenols is 1. The molecule has 0 aliphatic carbocycles. The second kappa shape index (κ2) is 7.02. The maximum atomic E-state index is 9.70. The summed E-state index contributed by atoms with van der Waals surface area (Å²) in [6.45, 7) is 5.84. The molecule has 1 heterocycles. The molecule has 0 spiro atoms. The van der Waals surface area contributed by atoms with Gasteiger partial charge in [0.15, 0.2) is 11.5 Å². The molecule has 0 unspecified atom stereocenters. The Labute approximate surface area is 137 Å². The van der Waals surface area contributed by atoms with Crippen molar-refractivity contribution in [3.05, 3.63) is 48.0 Å². The van der Waals surface area contributed by atoms with Crippen molar-refractivity contribution >= 4 is 0 Å². The minimum Gasteiger partial charge on any atom is -0.504 e. The summed E-state index contributed by atoms with van der Waals surface area (Å²) in [7, 11) is 1.56. The number of nitrogens with zero attached hydrogens (tertiary/aromatic N) is 1. The Bertz CT molecular complexity index is 648. The van der Waals surface area contributed by atoms with Gasteiger partial charge in [0.05, 0.1) is 20.3 Å². The van der Waals surface area contributed by atoms with Crippen LogP contribution in [0, 0.1) is 0 Å². The average Bonchev–Trinajstić information content (AvgIpc) is 2.62. The Hall–Kier alpha value is -2.04. The zero-order valence-corrected chi connectivity index (χ0v) is 13.7. The Morgan fingerprint density at radius 1 is 1.04 bits per heavy atom. The molecular weight excluding hydrogens is 290 g/mol. The Kier molecular flexibility index (Phi) is 4.84. The zero-order valence-electron chi connectivity index (χ0n) is 13.7. The van der Waals surface area contributed by atoms with E-state index in [-0.39, 0.29) is 5.75 Å². The van der Waals surface area contributed by atoms with Crippen LogP contribution in [0.25, 0.3) is 11.1 Å². The van der Waals surface area contributed by atoms with Gasteiger partial charge >= 0.3 is 0 Å². The molecule has 1 atom stereocenters. The number of rotatable bonds is 4. The largest absolute Gasteiger partial charge is 0.504 e. The molecule has 1 aliphatic heterocycles. The SMILES string of the molecule is COc1cc(-c2ccc([C@@H](C)N3CCOCC3)cc2)ccc1O. The first-order valence-electron chi connectivity index (χ1n) is 7.98. The highest BCUT2D eigenvalue weighted by Crippen LogP contribution is 2.32. The number of hydrogen-bond donors (Lipinski definition) is 1. The molecule has 0 amide bonds. The van der Waals surface area contributed by atoms with Crippen LogP contribution in [0.15, 0.2) is 42.5 Å². The normalized spacial score (nSPS) is 17.0. The average molecular weight is 313 g/mol. The Balaban J connectivity index is 1.78. The summed E-state index contributed by atoms with van der Waals surface area (Å²) in [6.07, 6.45) is 0. The van der Waals surface area contributed by atoms with Gasteiger partial charge in [-0.3, -0.25) is 4.90 Å². The third kappa shape index (κ3) is 3.49. The van der Waals surface area contributed by atoms with E-state index in [2.05, 4.69) is 36.1 Å². The molecule has 4 nitrogen and oxygen atoms in total. The molecule has 1 saturated heterocycles. The van der Waals surface area contributed by atoms with Gasteiger partial charge in [-0.1, -0.05) is 30.3 Å². The summed E-state index contributed by atoms with van der Waals surface area (Å²) < 4.78 is 10.6. The van der Waals surface area contributed by atoms with Crippen LogP contribution in [0.3, 0.4) is 0 Å². The molecule has 1 fully saturated rings. The van der Waals surface area contributed by atoms with Crippen LogP contribution >= 0.6 is 0 Å². The van der Waals surface area contributed by atoms with Crippen LogP contribution in [-0.4, -0.2) is 43.4 Å². The maximum absolute atomic E-state index is 9.70. The fourth-order valence-corrected chi connectivity index (χ4v) is 2.99. The topological polar surface area (TPSA) is 41.9 Å². The van der Waals surface area contributed by atoms with Crippen LogP contribution in [-0.2, 0) is 4.74 Å². The van der Waals surface area contributed by atoms with E-state index in [1.807, 2.05) is 12.1 Å². The van der Waals surface area contributed by atoms with Crippen LogP contribution in [0.5, 0.6) is 11.5 Å². The van der Waals surface area contributed by atoms with E-state index in [1.165, 1.54) is 5.56 Å². The van der Waals surface area contributed by atoms with Crippen molar-refractivity contribution in [1.82, 2.24) is 4.90 Å². The second-order valence-corrected chi connectivity index (χ2v) is 5.83. The first-order valence-corrected chi connectivity index (χ1v) is 7.98. The van der Waals surface area contributed by atoms with E-state index in [0.717, 1.165) is 37.4 Å². The summed E-state index contributed by atoms with van der Waals surface area (Å²) in [5.74, 6) is 0.655. The van der Waals surface area contributed by atoms with Crippen molar-refractivity contribution in [2.75, 3.05) is 33.4 Å². The molecule has 0 saturated carbocycles. The zero-order chi connectivity index (χ0) is 16.2. The quantitative estimate of drug-likeness (QED) is 0.938. The standard InChI is InChI=1S/C19H23NO3/c1-14(20-9-11-23-12-10-20)15-3-5-16(6-4-15)17-7-8-18(21)19(13-17)22-2/h3-8,13-14,21H,9-12H2,1-2H3/t14-/m1/s1. The molecular formula is C19H23NO3. The maximum Gasteiger partial charge on any atom is 0.161 e. The first kappa shape index (κ1) is 15.8. The molecule has 122 valence electrons. The summed E-state index contributed by atoms with van der Waals surface area (Å²) in [5, 5.41) is 9.70. The number of phenolic OH excluding ortho intramolecular Hbond substituents is 1. The highest BCUT2D eigenvalue weighted by atomic mass is 16.5. The molecule has 0 radical (unpaired) electrons. The summed E-state index contributed by atoms with van der Waals surface area (Å²) in [6, 6.07) is 14.4. The second-order valence-electron chi connectivity index (χ2n) is 5.83. The van der Waals surface area contributed by atoms with Gasteiger partial charge < -0.3 is 14.6 Å². The Morgan fingerprint density at radius 2 is 1.70 bits per heavy atom. The molecule has 4 heteroatoms. The van der Waals surface area contributed by atoms with E-state index < -0.39 is 0 Å². The van der Waals surface area contributed by atoms with Crippen molar-refractivity contribution in [2.24, 2.45) is 0 Å². The molecule has 23 heavy (non-hydrogen) atoms. The number of methoxy groups -OCH3 is 1. The number of ether oxygens (including phenoxy) is 2. The van der Waals surface area contributed by atoms with Crippen LogP contribution in [0.4, 0.5) is 0 Å². The number of hydrogen-bond acceptors (Lipinski definition) is 4. The smallest absolute Gasteiger partial charge is 0.161 e. The summed E-state index contributed by atoms with van der Waals surface area (Å²) in [5.41, 5.74) is 3.45. The van der Waals surface area contributed by atoms with E-state index in [4.69, 9.17) is 9.47 Å². The Morgan fingerprint density at radius 3 is 2.35 bits per heavy atom. The minimum absolute atomic E-state index is 0.161. The minimum atomic E-state index is 0.161. The van der Waals surface area contributed by atoms with Crippen molar-refractivity contribution < 1.29 is 14.6 Å². The lowest BCUT2D eigenvalue weighted by atomic mass is 10.00. The lowest BCUT2D eigenvalue weighted by Crippen LogP contribution is -2.37. The van der Waals surface area contributed by atoms with E-state index >= 15 is 0 Å². The summed E-state index contributed by atoms with van der Waals surface area (Å²) >= 11 is 0. The molecule has 1 aliphatic rings. The molecule has 2 aromatic carbocycles. The number of morpholine rings is 1. The van der Waals surface area contributed by atoms with Gasteiger partial charge in [0, 0.05) is 19.1 Å². The van der Waals surface area contributed by atoms with Gasteiger partial charge in [0.1, 0.15) is 0 Å². The van der Waals surface area contributed by atoms with E-state index in [1.54, 1.807) is 13.2 Å². The highest BCUT2D eigenvalue weighted by molar-refractivity contribution is 5.67. The predicted octanol–water partition coefficient (Wildman–Crippen LogP) is 3.46. The third-order valence-corrected chi connectivity index (χ3v) is 4.50. The molecule has 2 aromatic rings. The summed E-state index contributed by atoms with van der Waals surface area (Å²) in [4.78, 5) is 2.45. The van der Waals surface area contributed by atoms with E-state index in [9.17, 15) is 5.11 Å². The molecule has 3 rings (SSSR count). The number of aromatic hydroxyl groups is 1. The molecule has 0 bridgehead atoms. The van der Waals surface area contributed by atoms with Crippen molar-refractivity contribution in [1.29, 1.82) is 0 Å². The monoisotopic (exact) mass is 313 g/mol. The van der Waals surface area contributed by atoms with Gasteiger partial charge in [0.2, 0.25) is 0 Å². The molecule has 1 N–H and O–H groups in total. The lowest BCUT2D eigenvalue weighted by Gasteiger charge is -2.32. The third-order valence-electron chi connectivity index (χ3n) is 4.50. The van der Waals surface area contributed by atoms with Gasteiger partial charge in [-0.2, -0.15) is 0 Å². The van der Waals surface area contributed by atoms with Gasteiger partial charge in [-0.05, 0) is 35.7 Å². The van der Waals surface area contributed by atoms with Crippen LogP contribution < -0.4 is 4.74 Å². The van der Waals surface area contributed by atoms with Gasteiger partial charge in [0.25, 0.3) is 0 Å².